The van der Waals surface area contributed by atoms with Crippen LogP contribution in [0.3, 0.4) is 0 Å². The Bertz CT molecular complexity index is 973. The molecule has 0 saturated carbocycles. The highest BCUT2D eigenvalue weighted by molar-refractivity contribution is 6.12. The summed E-state index contributed by atoms with van der Waals surface area (Å²) in [6.07, 6.45) is 4.31. The average molecular weight is 398 g/mol. The maximum Gasteiger partial charge on any atom is 0.339 e. The number of hydrogen-bond acceptors (Lipinski definition) is 7. The number of benzene rings is 2. The fourth-order valence-electron chi connectivity index (χ4n) is 2.48. The van der Waals surface area contributed by atoms with E-state index in [1.807, 2.05) is 18.2 Å². The van der Waals surface area contributed by atoms with Crippen molar-refractivity contribution in [3.63, 3.8) is 0 Å². The molecule has 152 valence electrons. The summed E-state index contributed by atoms with van der Waals surface area (Å²) in [5, 5.41) is 20.9. The van der Waals surface area contributed by atoms with Crippen LogP contribution in [0, 0.1) is 0 Å². The third-order valence-electron chi connectivity index (χ3n) is 4.15. The van der Waals surface area contributed by atoms with Crippen LogP contribution in [-0.4, -0.2) is 36.2 Å². The smallest absolute Gasteiger partial charge is 0.339 e. The normalized spacial score (nSPS) is 11.4. The average Bonchev–Trinajstić information content (AvgIpc) is 2.73. The van der Waals surface area contributed by atoms with Crippen LogP contribution in [0.15, 0.2) is 48.1 Å². The largest absolute Gasteiger partial charge is 0.504 e. The van der Waals surface area contributed by atoms with Gasteiger partial charge in [0.1, 0.15) is 5.56 Å². The molecule has 7 heteroatoms. The number of carbonyl (C=O) groups excluding carboxylic acids is 2. The van der Waals surface area contributed by atoms with Crippen molar-refractivity contribution in [3.8, 4) is 28.7 Å². The summed E-state index contributed by atoms with van der Waals surface area (Å²) in [6.45, 7) is 3.17. The first-order valence-corrected chi connectivity index (χ1v) is 8.68. The molecule has 2 aromatic rings. The lowest BCUT2D eigenvalue weighted by Crippen LogP contribution is -2.12. The van der Waals surface area contributed by atoms with Crippen LogP contribution < -0.4 is 14.2 Å². The van der Waals surface area contributed by atoms with Crippen molar-refractivity contribution in [3.05, 3.63) is 59.2 Å². The second-order valence-electron chi connectivity index (χ2n) is 5.94. The molecule has 0 saturated heterocycles. The van der Waals surface area contributed by atoms with Gasteiger partial charge < -0.3 is 24.4 Å². The van der Waals surface area contributed by atoms with E-state index >= 15 is 0 Å². The van der Waals surface area contributed by atoms with Crippen molar-refractivity contribution in [1.29, 1.82) is 0 Å². The predicted molar refractivity (Wildman–Crippen MR) is 108 cm³/mol. The van der Waals surface area contributed by atoms with E-state index in [0.29, 0.717) is 0 Å². The van der Waals surface area contributed by atoms with E-state index in [-0.39, 0.29) is 16.9 Å². The fourth-order valence-corrected chi connectivity index (χ4v) is 2.48. The van der Waals surface area contributed by atoms with Gasteiger partial charge in [0.2, 0.25) is 17.2 Å². The van der Waals surface area contributed by atoms with E-state index in [2.05, 4.69) is 0 Å². The van der Waals surface area contributed by atoms with Crippen molar-refractivity contribution in [2.24, 2.45) is 0 Å². The highest BCUT2D eigenvalue weighted by Gasteiger charge is 2.31. The summed E-state index contributed by atoms with van der Waals surface area (Å²) in [4.78, 5) is 25.0. The molecule has 0 spiro atoms. The van der Waals surface area contributed by atoms with Crippen LogP contribution in [0.1, 0.15) is 29.8 Å². The topological polar surface area (TPSA) is 102 Å². The molecular weight excluding hydrogens is 376 g/mol. The van der Waals surface area contributed by atoms with Crippen molar-refractivity contribution in [2.45, 2.75) is 13.8 Å². The third-order valence-corrected chi connectivity index (χ3v) is 4.15. The van der Waals surface area contributed by atoms with Gasteiger partial charge >= 0.3 is 5.97 Å². The highest BCUT2D eigenvalue weighted by atomic mass is 16.6. The van der Waals surface area contributed by atoms with E-state index < -0.39 is 34.8 Å². The van der Waals surface area contributed by atoms with Gasteiger partial charge in [0.15, 0.2) is 17.3 Å². The van der Waals surface area contributed by atoms with Crippen molar-refractivity contribution >= 4 is 17.8 Å². The van der Waals surface area contributed by atoms with Crippen molar-refractivity contribution in [2.75, 3.05) is 14.2 Å². The lowest BCUT2D eigenvalue weighted by Gasteiger charge is -2.18. The fraction of sp³-hybridized carbons (Fsp3) is 0.182. The lowest BCUT2D eigenvalue weighted by atomic mass is 10.0. The van der Waals surface area contributed by atoms with Crippen molar-refractivity contribution < 1.29 is 34.0 Å². The quantitative estimate of drug-likeness (QED) is 0.316. The third kappa shape index (κ3) is 4.57. The molecule has 0 aliphatic heterocycles. The first-order valence-electron chi connectivity index (χ1n) is 8.68. The molecule has 0 amide bonds. The summed E-state index contributed by atoms with van der Waals surface area (Å²) in [5.74, 6) is -3.82. The molecule has 0 bridgehead atoms. The summed E-state index contributed by atoms with van der Waals surface area (Å²) >= 11 is 0. The molecule has 0 fully saturated rings. The number of phenolic OH excluding ortho intramolecular Hbond substituents is 2. The van der Waals surface area contributed by atoms with Crippen LogP contribution >= 0.6 is 0 Å². The van der Waals surface area contributed by atoms with Gasteiger partial charge in [-0.15, -0.1) is 0 Å². The Hall–Kier alpha value is -3.74. The van der Waals surface area contributed by atoms with Crippen molar-refractivity contribution in [1.82, 2.24) is 0 Å². The van der Waals surface area contributed by atoms with E-state index in [0.717, 1.165) is 5.56 Å². The van der Waals surface area contributed by atoms with Gasteiger partial charge in [-0.2, -0.15) is 0 Å². The molecule has 0 unspecified atom stereocenters. The molecule has 29 heavy (non-hydrogen) atoms. The molecule has 2 aromatic carbocycles. The second-order valence-corrected chi connectivity index (χ2v) is 5.94. The van der Waals surface area contributed by atoms with Gasteiger partial charge in [-0.3, -0.25) is 4.79 Å². The van der Waals surface area contributed by atoms with Crippen LogP contribution in [0.5, 0.6) is 28.7 Å². The summed E-state index contributed by atoms with van der Waals surface area (Å²) < 4.78 is 15.4. The minimum atomic E-state index is -0.757. The molecule has 0 aliphatic rings. The van der Waals surface area contributed by atoms with Crippen LogP contribution in [-0.2, 0) is 4.79 Å². The van der Waals surface area contributed by atoms with E-state index in [9.17, 15) is 19.8 Å². The molecule has 2 rings (SSSR count). The molecule has 0 radical (unpaired) electrons. The summed E-state index contributed by atoms with van der Waals surface area (Å²) in [6, 6.07) is 9.06. The van der Waals surface area contributed by atoms with Crippen LogP contribution in [0.2, 0.25) is 0 Å². The van der Waals surface area contributed by atoms with E-state index in [4.69, 9.17) is 14.2 Å². The van der Waals surface area contributed by atoms with Gasteiger partial charge in [0.05, 0.1) is 14.2 Å². The Morgan fingerprint density at radius 3 is 2.10 bits per heavy atom. The van der Waals surface area contributed by atoms with Crippen LogP contribution in [0.4, 0.5) is 0 Å². The number of allylic oxidation sites excluding steroid dienone is 2. The molecular formula is C22H22O7. The minimum absolute atomic E-state index is 0.273. The second kappa shape index (κ2) is 9.45. The van der Waals surface area contributed by atoms with E-state index in [1.165, 1.54) is 33.3 Å². The molecule has 7 nitrogen and oxygen atoms in total. The summed E-state index contributed by atoms with van der Waals surface area (Å²) in [7, 11) is 2.41. The molecule has 2 N–H and O–H groups in total. The standard InChI is InChI=1S/C22H22O7/c1-5-13(2)22(26)29-21-18(25)20(28-4)17(24)16(19(21)27-3)15(23)12-11-14-9-7-6-8-10-14/h5-12,24-25H,1-4H3. The highest BCUT2D eigenvalue weighted by Crippen LogP contribution is 2.52. The zero-order valence-electron chi connectivity index (χ0n) is 16.6. The number of carbonyl (C=O) groups is 2. The van der Waals surface area contributed by atoms with Gasteiger partial charge in [0.25, 0.3) is 0 Å². The number of phenols is 2. The van der Waals surface area contributed by atoms with E-state index in [1.54, 1.807) is 25.1 Å². The number of esters is 1. The molecule has 0 heterocycles. The Morgan fingerprint density at radius 1 is 0.931 bits per heavy atom. The molecule has 0 aromatic heterocycles. The van der Waals surface area contributed by atoms with Crippen LogP contribution in [0.25, 0.3) is 6.08 Å². The summed E-state index contributed by atoms with van der Waals surface area (Å²) in [5.41, 5.74) is 0.728. The van der Waals surface area contributed by atoms with Gasteiger partial charge in [0, 0.05) is 5.57 Å². The number of rotatable bonds is 7. The number of methoxy groups -OCH3 is 2. The Balaban J connectivity index is 2.61. The Morgan fingerprint density at radius 2 is 1.55 bits per heavy atom. The Kier molecular flexibility index (Phi) is 7.03. The lowest BCUT2D eigenvalue weighted by molar-refractivity contribution is -0.130. The zero-order chi connectivity index (χ0) is 21.6. The van der Waals surface area contributed by atoms with Gasteiger partial charge in [-0.05, 0) is 25.5 Å². The number of aromatic hydroxyl groups is 2. The first-order chi connectivity index (χ1) is 13.8. The minimum Gasteiger partial charge on any atom is -0.504 e. The maximum atomic E-state index is 12.8. The number of ether oxygens (including phenoxy) is 3. The van der Waals surface area contributed by atoms with Gasteiger partial charge in [-0.1, -0.05) is 42.5 Å². The van der Waals surface area contributed by atoms with Gasteiger partial charge in [-0.25, -0.2) is 4.79 Å². The molecule has 0 aliphatic carbocycles. The number of ketones is 1. The first kappa shape index (κ1) is 21.6. The maximum absolute atomic E-state index is 12.8. The predicted octanol–water partition coefficient (Wildman–Crippen LogP) is 3.88. The number of hydrogen-bond donors (Lipinski definition) is 2. The Labute approximate surface area is 168 Å². The molecule has 0 atom stereocenters. The monoisotopic (exact) mass is 398 g/mol. The SMILES string of the molecule is CC=C(C)C(=O)Oc1c(O)c(OC)c(O)c(C(=O)C=Cc2ccccc2)c1OC. The zero-order valence-corrected chi connectivity index (χ0v) is 16.6.